The van der Waals surface area contributed by atoms with Crippen LogP contribution in [-0.2, 0) is 6.54 Å². The van der Waals surface area contributed by atoms with E-state index >= 15 is 0 Å². The summed E-state index contributed by atoms with van der Waals surface area (Å²) in [6, 6.07) is 15.1. The van der Waals surface area contributed by atoms with Crippen LogP contribution in [0.4, 0.5) is 4.39 Å². The number of nitrogens with zero attached hydrogens (tertiary/aromatic N) is 6. The Labute approximate surface area is 170 Å². The number of likely N-dealkylation sites (N-methyl/N-ethyl adjacent to an activating group) is 1. The van der Waals surface area contributed by atoms with Gasteiger partial charge in [0.25, 0.3) is 0 Å². The Balaban J connectivity index is 1.65. The zero-order chi connectivity index (χ0) is 20.2. The molecular formula is C22H27FN6. The van der Waals surface area contributed by atoms with Gasteiger partial charge in [0.2, 0.25) is 0 Å². The predicted molar refractivity (Wildman–Crippen MR) is 110 cm³/mol. The van der Waals surface area contributed by atoms with Gasteiger partial charge >= 0.3 is 0 Å². The molecule has 1 atom stereocenters. The number of aryl methyl sites for hydroxylation is 1. The van der Waals surface area contributed by atoms with Crippen molar-refractivity contribution in [3.63, 3.8) is 0 Å². The smallest absolute Gasteiger partial charge is 0.173 e. The average Bonchev–Trinajstić information content (AvgIpc) is 3.19. The Morgan fingerprint density at radius 2 is 1.66 bits per heavy atom. The van der Waals surface area contributed by atoms with E-state index in [1.54, 1.807) is 12.1 Å². The lowest BCUT2D eigenvalue weighted by Crippen LogP contribution is -2.48. The number of aromatic nitrogens is 4. The maximum atomic E-state index is 13.3. The molecule has 152 valence electrons. The van der Waals surface area contributed by atoms with Crippen LogP contribution in [0.25, 0.3) is 0 Å². The van der Waals surface area contributed by atoms with E-state index in [0.717, 1.165) is 44.1 Å². The molecule has 1 fully saturated rings. The Kier molecular flexibility index (Phi) is 5.97. The van der Waals surface area contributed by atoms with E-state index in [-0.39, 0.29) is 11.9 Å². The molecule has 1 aliphatic rings. The molecule has 3 aromatic rings. The summed E-state index contributed by atoms with van der Waals surface area (Å²) in [6.07, 6.45) is 0. The molecule has 0 aliphatic carbocycles. The van der Waals surface area contributed by atoms with Gasteiger partial charge in [-0.1, -0.05) is 48.9 Å². The maximum Gasteiger partial charge on any atom is 0.173 e. The highest BCUT2D eigenvalue weighted by Gasteiger charge is 2.30. The Morgan fingerprint density at radius 3 is 2.31 bits per heavy atom. The highest BCUT2D eigenvalue weighted by molar-refractivity contribution is 5.29. The first kappa shape index (κ1) is 19.7. The van der Waals surface area contributed by atoms with Crippen LogP contribution in [0.2, 0.25) is 0 Å². The monoisotopic (exact) mass is 394 g/mol. The lowest BCUT2D eigenvalue weighted by atomic mass is 10.0. The fraction of sp³-hybridized carbons (Fsp3) is 0.409. The van der Waals surface area contributed by atoms with Crippen molar-refractivity contribution in [2.24, 2.45) is 0 Å². The van der Waals surface area contributed by atoms with Gasteiger partial charge in [-0.05, 0) is 47.2 Å². The van der Waals surface area contributed by atoms with Gasteiger partial charge in [0.1, 0.15) is 5.82 Å². The van der Waals surface area contributed by atoms with E-state index in [0.29, 0.717) is 6.54 Å². The van der Waals surface area contributed by atoms with Crippen LogP contribution in [0.1, 0.15) is 35.5 Å². The molecule has 0 N–H and O–H groups in total. The van der Waals surface area contributed by atoms with Gasteiger partial charge < -0.3 is 4.90 Å². The second-order valence-electron chi connectivity index (χ2n) is 7.60. The van der Waals surface area contributed by atoms with E-state index in [1.807, 2.05) is 4.68 Å². The fourth-order valence-electron chi connectivity index (χ4n) is 3.89. The van der Waals surface area contributed by atoms with Crippen molar-refractivity contribution < 1.29 is 4.39 Å². The molecule has 0 unspecified atom stereocenters. The summed E-state index contributed by atoms with van der Waals surface area (Å²) in [7, 11) is 0. The predicted octanol–water partition coefficient (Wildman–Crippen LogP) is 2.90. The summed E-state index contributed by atoms with van der Waals surface area (Å²) in [6.45, 7) is 9.90. The third-order valence-electron chi connectivity index (χ3n) is 5.66. The zero-order valence-electron chi connectivity index (χ0n) is 17.0. The van der Waals surface area contributed by atoms with E-state index in [4.69, 9.17) is 0 Å². The minimum Gasteiger partial charge on any atom is -0.301 e. The molecular weight excluding hydrogens is 367 g/mol. The minimum absolute atomic E-state index is 0.00921. The van der Waals surface area contributed by atoms with Crippen LogP contribution in [0.15, 0.2) is 48.5 Å². The molecule has 29 heavy (non-hydrogen) atoms. The summed E-state index contributed by atoms with van der Waals surface area (Å²) in [5.41, 5.74) is 3.39. The van der Waals surface area contributed by atoms with Crippen molar-refractivity contribution in [3.05, 3.63) is 76.9 Å². The molecule has 0 radical (unpaired) electrons. The zero-order valence-corrected chi connectivity index (χ0v) is 17.0. The van der Waals surface area contributed by atoms with Crippen molar-refractivity contribution in [3.8, 4) is 0 Å². The number of piperazine rings is 1. The first-order valence-corrected chi connectivity index (χ1v) is 10.2. The number of tetrazole rings is 1. The van der Waals surface area contributed by atoms with E-state index in [1.165, 1.54) is 23.3 Å². The first-order valence-electron chi connectivity index (χ1n) is 10.2. The van der Waals surface area contributed by atoms with Gasteiger partial charge in [0.05, 0.1) is 12.6 Å². The Bertz CT molecular complexity index is 913. The molecule has 4 rings (SSSR count). The van der Waals surface area contributed by atoms with Gasteiger partial charge in [0.15, 0.2) is 5.82 Å². The Morgan fingerprint density at radius 1 is 0.966 bits per heavy atom. The van der Waals surface area contributed by atoms with E-state index < -0.39 is 0 Å². The molecule has 1 saturated heterocycles. The molecule has 6 nitrogen and oxygen atoms in total. The van der Waals surface area contributed by atoms with Gasteiger partial charge in [0, 0.05) is 26.2 Å². The van der Waals surface area contributed by atoms with Crippen LogP contribution >= 0.6 is 0 Å². The van der Waals surface area contributed by atoms with Crippen LogP contribution in [0.5, 0.6) is 0 Å². The summed E-state index contributed by atoms with van der Waals surface area (Å²) in [4.78, 5) is 4.92. The van der Waals surface area contributed by atoms with Crippen LogP contribution < -0.4 is 0 Å². The third-order valence-corrected chi connectivity index (χ3v) is 5.66. The van der Waals surface area contributed by atoms with Crippen molar-refractivity contribution in [1.29, 1.82) is 0 Å². The summed E-state index contributed by atoms with van der Waals surface area (Å²) < 4.78 is 15.1. The van der Waals surface area contributed by atoms with Crippen molar-refractivity contribution >= 4 is 0 Å². The van der Waals surface area contributed by atoms with Crippen LogP contribution in [-0.4, -0.2) is 62.7 Å². The van der Waals surface area contributed by atoms with Gasteiger partial charge in [-0.15, -0.1) is 5.10 Å². The topological polar surface area (TPSA) is 50.1 Å². The molecule has 0 bridgehead atoms. The lowest BCUT2D eigenvalue weighted by Gasteiger charge is -2.38. The Hall–Kier alpha value is -2.64. The number of hydrogen-bond acceptors (Lipinski definition) is 5. The van der Waals surface area contributed by atoms with Gasteiger partial charge in [-0.25, -0.2) is 9.07 Å². The molecule has 0 amide bonds. The summed E-state index contributed by atoms with van der Waals surface area (Å²) >= 11 is 0. The summed E-state index contributed by atoms with van der Waals surface area (Å²) in [5, 5.41) is 12.6. The normalized spacial score (nSPS) is 16.8. The second kappa shape index (κ2) is 8.80. The molecule has 0 saturated carbocycles. The standard InChI is InChI=1S/C22H27FN6/c1-3-27-12-14-28(15-13-27)21(19-8-4-17(2)5-9-19)22-24-25-26-29(22)16-18-6-10-20(23)11-7-18/h4-11,21H,3,12-16H2,1-2H3/t21-/m1/s1. The van der Waals surface area contributed by atoms with Crippen molar-refractivity contribution in [2.45, 2.75) is 26.4 Å². The van der Waals surface area contributed by atoms with E-state index in [2.05, 4.69) is 63.4 Å². The third kappa shape index (κ3) is 4.52. The largest absolute Gasteiger partial charge is 0.301 e. The van der Waals surface area contributed by atoms with Crippen molar-refractivity contribution in [1.82, 2.24) is 30.0 Å². The molecule has 2 aromatic carbocycles. The number of rotatable bonds is 6. The molecule has 1 aliphatic heterocycles. The molecule has 1 aromatic heterocycles. The highest BCUT2D eigenvalue weighted by Crippen LogP contribution is 2.28. The second-order valence-corrected chi connectivity index (χ2v) is 7.60. The molecule has 2 heterocycles. The van der Waals surface area contributed by atoms with Crippen LogP contribution in [0, 0.1) is 12.7 Å². The molecule has 0 spiro atoms. The highest BCUT2D eigenvalue weighted by atomic mass is 19.1. The van der Waals surface area contributed by atoms with Crippen LogP contribution in [0.3, 0.4) is 0 Å². The fourth-order valence-corrected chi connectivity index (χ4v) is 3.89. The number of halogens is 1. The quantitative estimate of drug-likeness (QED) is 0.643. The molecule has 7 heteroatoms. The lowest BCUT2D eigenvalue weighted by molar-refractivity contribution is 0.108. The number of benzene rings is 2. The van der Waals surface area contributed by atoms with E-state index in [9.17, 15) is 4.39 Å². The first-order chi connectivity index (χ1) is 14.1. The maximum absolute atomic E-state index is 13.3. The summed E-state index contributed by atoms with van der Waals surface area (Å²) in [5.74, 6) is 0.583. The average molecular weight is 394 g/mol. The van der Waals surface area contributed by atoms with Gasteiger partial charge in [-0.2, -0.15) is 0 Å². The van der Waals surface area contributed by atoms with Crippen molar-refractivity contribution in [2.75, 3.05) is 32.7 Å². The van der Waals surface area contributed by atoms with Gasteiger partial charge in [-0.3, -0.25) is 4.90 Å². The SMILES string of the molecule is CCN1CCN([C@H](c2ccc(C)cc2)c2nnnn2Cc2ccc(F)cc2)CC1. The number of hydrogen-bond donors (Lipinski definition) is 0. The minimum atomic E-state index is -0.239.